The predicted octanol–water partition coefficient (Wildman–Crippen LogP) is 3.54. The third-order valence-corrected chi connectivity index (χ3v) is 9.29. The number of nitrogens with zero attached hydrogens (tertiary/aromatic N) is 1. The Bertz CT molecular complexity index is 817. The lowest BCUT2D eigenvalue weighted by Gasteiger charge is -2.47. The van der Waals surface area contributed by atoms with Gasteiger partial charge in [0.25, 0.3) is 0 Å². The third-order valence-electron chi connectivity index (χ3n) is 9.29. The number of carbonyl (C=O) groups excluding carboxylic acids is 2. The second kappa shape index (κ2) is 9.18. The van der Waals surface area contributed by atoms with Crippen molar-refractivity contribution in [3.8, 4) is 0 Å². The molecule has 6 rings (SSSR count). The Kier molecular flexibility index (Phi) is 6.63. The number of likely N-dealkylation sites (tertiary alicyclic amines) is 1. The largest absolute Gasteiger partial charge is 0.444 e. The molecule has 0 radical (unpaired) electrons. The van der Waals surface area contributed by atoms with Gasteiger partial charge in [0.05, 0.1) is 0 Å². The molecule has 7 atom stereocenters. The van der Waals surface area contributed by atoms with Gasteiger partial charge in [-0.3, -0.25) is 4.79 Å². The van der Waals surface area contributed by atoms with Crippen LogP contribution < -0.4 is 5.32 Å². The smallest absolute Gasteiger partial charge is 0.407 e. The zero-order valence-corrected chi connectivity index (χ0v) is 21.6. The quantitative estimate of drug-likeness (QED) is 0.507. The van der Waals surface area contributed by atoms with Crippen molar-refractivity contribution < 1.29 is 29.3 Å². The van der Waals surface area contributed by atoms with Crippen LogP contribution in [0.2, 0.25) is 0 Å². The van der Waals surface area contributed by atoms with Crippen LogP contribution in [0.25, 0.3) is 0 Å². The van der Waals surface area contributed by atoms with Crippen molar-refractivity contribution in [1.29, 1.82) is 0 Å². The lowest BCUT2D eigenvalue weighted by atomic mass is 9.77. The molecule has 4 unspecified atom stereocenters. The van der Waals surface area contributed by atoms with Crippen molar-refractivity contribution in [2.24, 2.45) is 29.6 Å². The van der Waals surface area contributed by atoms with Gasteiger partial charge in [-0.1, -0.05) is 0 Å². The molecule has 0 spiro atoms. The molecule has 5 aliphatic carbocycles. The summed E-state index contributed by atoms with van der Waals surface area (Å²) >= 11 is 0. The molecule has 1 saturated heterocycles. The van der Waals surface area contributed by atoms with Crippen LogP contribution in [-0.2, 0) is 14.3 Å². The van der Waals surface area contributed by atoms with Gasteiger partial charge in [0, 0.05) is 50.2 Å². The summed E-state index contributed by atoms with van der Waals surface area (Å²) in [5.74, 6) is -0.806. The van der Waals surface area contributed by atoms with E-state index < -0.39 is 23.3 Å². The number of piperidine rings is 1. The van der Waals surface area contributed by atoms with Crippen LogP contribution in [0.5, 0.6) is 0 Å². The molecule has 198 valence electrons. The Morgan fingerprint density at radius 3 is 2.49 bits per heavy atom. The van der Waals surface area contributed by atoms with Gasteiger partial charge in [-0.2, -0.15) is 0 Å². The molecule has 0 aromatic carbocycles. The fraction of sp³-hybridized carbons (Fsp3) is 0.926. The second-order valence-electron chi connectivity index (χ2n) is 13.1. The van der Waals surface area contributed by atoms with Gasteiger partial charge in [0.1, 0.15) is 5.60 Å². The van der Waals surface area contributed by atoms with Crippen molar-refractivity contribution >= 4 is 12.0 Å². The molecule has 1 aliphatic heterocycles. The summed E-state index contributed by atoms with van der Waals surface area (Å²) in [4.78, 5) is 27.0. The Labute approximate surface area is 209 Å². The van der Waals surface area contributed by atoms with Crippen LogP contribution in [0.15, 0.2) is 0 Å². The average molecular weight is 493 g/mol. The van der Waals surface area contributed by atoms with E-state index in [1.54, 1.807) is 0 Å². The SMILES string of the molecule is CC(C)(C)OC(=O)NC1CCN(C(=O)C[C@@H]2CCC[C@](O)(O[C@@]3(O)C4CC5CC(C4)C3C5)C2)CC1. The second-order valence-corrected chi connectivity index (χ2v) is 13.1. The van der Waals surface area contributed by atoms with E-state index >= 15 is 0 Å². The fourth-order valence-electron chi connectivity index (χ4n) is 7.88. The van der Waals surface area contributed by atoms with Crippen molar-refractivity contribution in [3.63, 3.8) is 0 Å². The third kappa shape index (κ3) is 5.35. The molecule has 6 aliphatic rings. The standard InChI is InChI=1S/C27H44N2O6/c1-25(2,3)34-24(31)28-21-6-9-29(10-7-21)23(30)14-17-5-4-8-26(32,16-17)35-27(33)20-12-18-11-19(15-20)22(27)13-18/h17-22,32-33H,4-16H2,1-3H3,(H,28,31)/t17-,18?,19?,20?,22?,26-,27-/m0/s1. The Morgan fingerprint density at radius 1 is 1.06 bits per heavy atom. The summed E-state index contributed by atoms with van der Waals surface area (Å²) in [6.45, 7) is 6.74. The van der Waals surface area contributed by atoms with Gasteiger partial charge in [0.2, 0.25) is 5.91 Å². The molecule has 0 aromatic rings. The summed E-state index contributed by atoms with van der Waals surface area (Å²) in [5, 5.41) is 25.8. The van der Waals surface area contributed by atoms with Gasteiger partial charge in [-0.05, 0) is 89.9 Å². The van der Waals surface area contributed by atoms with Crippen LogP contribution in [-0.4, -0.2) is 63.4 Å². The number of hydrogen-bond acceptors (Lipinski definition) is 6. The highest BCUT2D eigenvalue weighted by molar-refractivity contribution is 5.76. The molecule has 3 N–H and O–H groups in total. The number of alkyl carbamates (subject to hydrolysis) is 1. The predicted molar refractivity (Wildman–Crippen MR) is 129 cm³/mol. The van der Waals surface area contributed by atoms with E-state index in [9.17, 15) is 19.8 Å². The molecule has 2 amide bonds. The van der Waals surface area contributed by atoms with Gasteiger partial charge in [0.15, 0.2) is 11.6 Å². The van der Waals surface area contributed by atoms with E-state index in [1.165, 1.54) is 6.42 Å². The van der Waals surface area contributed by atoms with Crippen LogP contribution in [0, 0.1) is 29.6 Å². The summed E-state index contributed by atoms with van der Waals surface area (Å²) in [6.07, 6.45) is 8.29. The van der Waals surface area contributed by atoms with Crippen molar-refractivity contribution in [2.45, 2.75) is 115 Å². The fourth-order valence-corrected chi connectivity index (χ4v) is 7.88. The molecular weight excluding hydrogens is 448 g/mol. The molecule has 8 nitrogen and oxygen atoms in total. The molecule has 35 heavy (non-hydrogen) atoms. The van der Waals surface area contributed by atoms with Crippen molar-refractivity contribution in [1.82, 2.24) is 10.2 Å². The molecule has 8 heteroatoms. The van der Waals surface area contributed by atoms with Crippen LogP contribution >= 0.6 is 0 Å². The number of amides is 2. The van der Waals surface area contributed by atoms with E-state index in [1.807, 2.05) is 25.7 Å². The minimum Gasteiger partial charge on any atom is -0.444 e. The maximum Gasteiger partial charge on any atom is 0.407 e. The van der Waals surface area contributed by atoms with Gasteiger partial charge in [-0.25, -0.2) is 4.79 Å². The topological polar surface area (TPSA) is 108 Å². The van der Waals surface area contributed by atoms with E-state index in [2.05, 4.69) is 5.32 Å². The van der Waals surface area contributed by atoms with Crippen molar-refractivity contribution in [3.05, 3.63) is 0 Å². The number of aliphatic hydroxyl groups is 2. The van der Waals surface area contributed by atoms with Crippen molar-refractivity contribution in [2.75, 3.05) is 13.1 Å². The summed E-state index contributed by atoms with van der Waals surface area (Å²) < 4.78 is 11.6. The normalized spacial score (nSPS) is 41.3. The number of rotatable bonds is 5. The average Bonchev–Trinajstić information content (AvgIpc) is 3.14. The Balaban J connectivity index is 1.10. The maximum atomic E-state index is 13.1. The first-order valence-corrected chi connectivity index (χ1v) is 13.8. The summed E-state index contributed by atoms with van der Waals surface area (Å²) in [7, 11) is 0. The zero-order chi connectivity index (χ0) is 25.0. The minimum atomic E-state index is -1.34. The minimum absolute atomic E-state index is 0.0137. The Morgan fingerprint density at radius 2 is 1.80 bits per heavy atom. The number of ether oxygens (including phenoxy) is 2. The molecule has 6 fully saturated rings. The van der Waals surface area contributed by atoms with Crippen LogP contribution in [0.1, 0.15) is 91.4 Å². The molecule has 1 heterocycles. The number of carbonyl (C=O) groups is 2. The highest BCUT2D eigenvalue weighted by Gasteiger charge is 2.64. The monoisotopic (exact) mass is 492 g/mol. The number of hydrogen-bond donors (Lipinski definition) is 3. The first kappa shape index (κ1) is 25.3. The lowest BCUT2D eigenvalue weighted by molar-refractivity contribution is -0.374. The first-order valence-electron chi connectivity index (χ1n) is 13.8. The maximum absolute atomic E-state index is 13.1. The van der Waals surface area contributed by atoms with E-state index in [0.29, 0.717) is 51.1 Å². The highest BCUT2D eigenvalue weighted by Crippen LogP contribution is 2.64. The first-order chi connectivity index (χ1) is 16.4. The van der Waals surface area contributed by atoms with Gasteiger partial charge in [-0.15, -0.1) is 0 Å². The lowest BCUT2D eigenvalue weighted by Crippen LogP contribution is -2.54. The van der Waals surface area contributed by atoms with Gasteiger partial charge >= 0.3 is 6.09 Å². The Hall–Kier alpha value is -1.38. The zero-order valence-electron chi connectivity index (χ0n) is 21.6. The molecule has 0 aromatic heterocycles. The van der Waals surface area contributed by atoms with E-state index in [0.717, 1.165) is 38.0 Å². The van der Waals surface area contributed by atoms with Crippen LogP contribution in [0.3, 0.4) is 0 Å². The summed E-state index contributed by atoms with van der Waals surface area (Å²) in [5.41, 5.74) is -0.529. The molecule has 4 bridgehead atoms. The highest BCUT2D eigenvalue weighted by atomic mass is 16.7. The van der Waals surface area contributed by atoms with Crippen LogP contribution in [0.4, 0.5) is 4.79 Å². The van der Waals surface area contributed by atoms with E-state index in [4.69, 9.17) is 9.47 Å². The van der Waals surface area contributed by atoms with Gasteiger partial charge < -0.3 is 29.9 Å². The molecule has 5 saturated carbocycles. The number of nitrogens with one attached hydrogen (secondary N) is 1. The van der Waals surface area contributed by atoms with E-state index in [-0.39, 0.29) is 29.7 Å². The molecular formula is C27H44N2O6. The summed E-state index contributed by atoms with van der Waals surface area (Å²) in [6, 6.07) is 0.0137.